The monoisotopic (exact) mass is 97.1 g/mol. The topological polar surface area (TPSA) is 50.4 Å². The highest BCUT2D eigenvalue weighted by molar-refractivity contribution is 5.93. The molecule has 0 bridgehead atoms. The summed E-state index contributed by atoms with van der Waals surface area (Å²) in [5, 5.41) is 0. The minimum Gasteiger partial charge on any atom is -0.309 e. The number of aliphatic imine (C=N–C) groups is 1. The zero-order chi connectivity index (χ0) is 5.11. The van der Waals surface area contributed by atoms with Gasteiger partial charge in [0.05, 0.1) is 6.54 Å². The first-order valence-electron chi connectivity index (χ1n) is 2.11. The van der Waals surface area contributed by atoms with Crippen molar-refractivity contribution in [2.75, 3.05) is 6.54 Å². The average Bonchev–Trinajstić information content (AvgIpc) is 2.14. The highest BCUT2D eigenvalue weighted by Gasteiger charge is 1.91. The fourth-order valence-electron chi connectivity index (χ4n) is 0.462. The van der Waals surface area contributed by atoms with Crippen LogP contribution in [0, 0.1) is 0 Å². The van der Waals surface area contributed by atoms with Gasteiger partial charge in [0.25, 0.3) is 0 Å². The molecule has 1 rings (SSSR count). The Bertz CT molecular complexity index is 114. The molecular formula is C4H7N3. The molecule has 1 heterocycles. The predicted molar refractivity (Wildman–Crippen MR) is 28.8 cm³/mol. The van der Waals surface area contributed by atoms with Crippen LogP contribution in [0.2, 0.25) is 0 Å². The van der Waals surface area contributed by atoms with Crippen LogP contribution in [0.4, 0.5) is 0 Å². The summed E-state index contributed by atoms with van der Waals surface area (Å²) < 4.78 is 0. The van der Waals surface area contributed by atoms with Crippen LogP contribution in [-0.4, -0.2) is 12.4 Å². The van der Waals surface area contributed by atoms with E-state index in [0.29, 0.717) is 0 Å². The Kier molecular flexibility index (Phi) is 1.08. The number of nitrogens with two attached hydrogens (primary N) is 1. The van der Waals surface area contributed by atoms with E-state index in [1.54, 1.807) is 0 Å². The van der Waals surface area contributed by atoms with Gasteiger partial charge in [-0.25, -0.2) is 5.84 Å². The first kappa shape index (κ1) is 4.33. The minimum absolute atomic E-state index is 0.763. The van der Waals surface area contributed by atoms with Gasteiger partial charge in [-0.3, -0.25) is 4.99 Å². The Labute approximate surface area is 41.9 Å². The largest absolute Gasteiger partial charge is 0.309 e. The van der Waals surface area contributed by atoms with Crippen molar-refractivity contribution in [3.05, 3.63) is 12.2 Å². The third-order valence-electron chi connectivity index (χ3n) is 0.791. The van der Waals surface area contributed by atoms with Gasteiger partial charge in [-0.15, -0.1) is 0 Å². The van der Waals surface area contributed by atoms with Crippen molar-refractivity contribution in [3.8, 4) is 0 Å². The molecule has 0 fully saturated rings. The standard InChI is InChI=1S/C4H7N3/c5-7-4-2-1-3-6-4/h1-2H,3,5H2,(H,6,7). The van der Waals surface area contributed by atoms with E-state index in [0.717, 1.165) is 12.4 Å². The number of hydrazine groups is 1. The van der Waals surface area contributed by atoms with Gasteiger partial charge in [0.2, 0.25) is 0 Å². The average molecular weight is 97.1 g/mol. The number of hydrogen-bond acceptors (Lipinski definition) is 3. The maximum Gasteiger partial charge on any atom is 0.135 e. The van der Waals surface area contributed by atoms with Crippen molar-refractivity contribution in [3.63, 3.8) is 0 Å². The summed E-state index contributed by atoms with van der Waals surface area (Å²) in [6, 6.07) is 0. The molecule has 0 aromatic rings. The van der Waals surface area contributed by atoms with Gasteiger partial charge in [0.15, 0.2) is 0 Å². The molecule has 1 aliphatic heterocycles. The lowest BCUT2D eigenvalue weighted by Gasteiger charge is -1.89. The van der Waals surface area contributed by atoms with Crippen LogP contribution in [0.25, 0.3) is 0 Å². The van der Waals surface area contributed by atoms with E-state index in [-0.39, 0.29) is 0 Å². The molecule has 7 heavy (non-hydrogen) atoms. The Hall–Kier alpha value is -0.830. The Morgan fingerprint density at radius 2 is 2.71 bits per heavy atom. The van der Waals surface area contributed by atoms with Gasteiger partial charge in [0.1, 0.15) is 5.84 Å². The van der Waals surface area contributed by atoms with Gasteiger partial charge >= 0.3 is 0 Å². The molecule has 3 heteroatoms. The summed E-state index contributed by atoms with van der Waals surface area (Å²) in [4.78, 5) is 3.92. The molecule has 3 N–H and O–H groups in total. The highest BCUT2D eigenvalue weighted by atomic mass is 15.2. The van der Waals surface area contributed by atoms with Crippen molar-refractivity contribution >= 4 is 5.84 Å². The third kappa shape index (κ3) is 0.778. The Morgan fingerprint density at radius 1 is 1.86 bits per heavy atom. The lowest BCUT2D eigenvalue weighted by atomic mass is 10.5. The maximum absolute atomic E-state index is 5.00. The van der Waals surface area contributed by atoms with Crippen molar-refractivity contribution in [1.29, 1.82) is 0 Å². The first-order valence-corrected chi connectivity index (χ1v) is 2.11. The summed E-state index contributed by atoms with van der Waals surface area (Å²) in [6.07, 6.45) is 3.79. The summed E-state index contributed by atoms with van der Waals surface area (Å²) in [5.74, 6) is 5.77. The predicted octanol–water partition coefficient (Wildman–Crippen LogP) is -0.582. The second-order valence-corrected chi connectivity index (χ2v) is 1.27. The third-order valence-corrected chi connectivity index (χ3v) is 0.791. The van der Waals surface area contributed by atoms with E-state index in [1.807, 2.05) is 12.2 Å². The van der Waals surface area contributed by atoms with E-state index in [9.17, 15) is 0 Å². The number of hydrogen-bond donors (Lipinski definition) is 2. The summed E-state index contributed by atoms with van der Waals surface area (Å²) in [6.45, 7) is 0.763. The molecule has 0 atom stereocenters. The van der Waals surface area contributed by atoms with Crippen molar-refractivity contribution < 1.29 is 0 Å². The van der Waals surface area contributed by atoms with E-state index < -0.39 is 0 Å². The number of nitrogens with zero attached hydrogens (tertiary/aromatic N) is 1. The first-order chi connectivity index (χ1) is 3.43. The van der Waals surface area contributed by atoms with Gasteiger partial charge in [-0.2, -0.15) is 0 Å². The molecule has 0 aromatic heterocycles. The van der Waals surface area contributed by atoms with Gasteiger partial charge in [-0.1, -0.05) is 6.08 Å². The molecule has 0 saturated carbocycles. The minimum atomic E-state index is 0.763. The Balaban J connectivity index is 2.52. The smallest absolute Gasteiger partial charge is 0.135 e. The van der Waals surface area contributed by atoms with Crippen LogP contribution in [-0.2, 0) is 0 Å². The van der Waals surface area contributed by atoms with Crippen LogP contribution >= 0.6 is 0 Å². The van der Waals surface area contributed by atoms with Crippen molar-refractivity contribution in [2.45, 2.75) is 0 Å². The molecule has 3 nitrogen and oxygen atoms in total. The van der Waals surface area contributed by atoms with E-state index in [2.05, 4.69) is 10.4 Å². The molecule has 1 aliphatic rings. The normalized spacial score (nSPS) is 17.0. The van der Waals surface area contributed by atoms with E-state index >= 15 is 0 Å². The second kappa shape index (κ2) is 1.75. The molecule has 0 aliphatic carbocycles. The van der Waals surface area contributed by atoms with E-state index in [1.165, 1.54) is 0 Å². The summed E-state index contributed by atoms with van der Waals surface area (Å²) in [7, 11) is 0. The lowest BCUT2D eigenvalue weighted by Crippen LogP contribution is -2.27. The molecule has 0 spiro atoms. The summed E-state index contributed by atoms with van der Waals surface area (Å²) >= 11 is 0. The van der Waals surface area contributed by atoms with Crippen LogP contribution in [0.1, 0.15) is 0 Å². The van der Waals surface area contributed by atoms with Gasteiger partial charge in [-0.05, 0) is 6.08 Å². The molecular weight excluding hydrogens is 90.1 g/mol. The van der Waals surface area contributed by atoms with Crippen LogP contribution in [0.15, 0.2) is 17.1 Å². The molecule has 38 valence electrons. The zero-order valence-electron chi connectivity index (χ0n) is 3.89. The van der Waals surface area contributed by atoms with Crippen LogP contribution < -0.4 is 11.3 Å². The van der Waals surface area contributed by atoms with Gasteiger partial charge in [0, 0.05) is 0 Å². The quantitative estimate of drug-likeness (QED) is 0.314. The fraction of sp³-hybridized carbons (Fsp3) is 0.250. The molecule has 0 amide bonds. The van der Waals surface area contributed by atoms with E-state index in [4.69, 9.17) is 5.84 Å². The molecule has 0 unspecified atom stereocenters. The molecule has 0 aromatic carbocycles. The van der Waals surface area contributed by atoms with Gasteiger partial charge < -0.3 is 5.43 Å². The zero-order valence-corrected chi connectivity index (χ0v) is 3.89. The van der Waals surface area contributed by atoms with Crippen molar-refractivity contribution in [2.24, 2.45) is 10.8 Å². The molecule has 0 radical (unpaired) electrons. The van der Waals surface area contributed by atoms with Crippen LogP contribution in [0.3, 0.4) is 0 Å². The Morgan fingerprint density at radius 3 is 3.00 bits per heavy atom. The second-order valence-electron chi connectivity index (χ2n) is 1.27. The fourth-order valence-corrected chi connectivity index (χ4v) is 0.462. The highest BCUT2D eigenvalue weighted by Crippen LogP contribution is 1.86. The lowest BCUT2D eigenvalue weighted by molar-refractivity contribution is 1.03. The van der Waals surface area contributed by atoms with Crippen molar-refractivity contribution in [1.82, 2.24) is 5.43 Å². The summed E-state index contributed by atoms with van der Waals surface area (Å²) in [5.41, 5.74) is 2.43. The number of rotatable bonds is 0. The molecule has 0 saturated heterocycles. The number of amidine groups is 1. The maximum atomic E-state index is 5.00. The number of nitrogens with one attached hydrogen (secondary N) is 1. The SMILES string of the molecule is NNC1=NCC=C1. The van der Waals surface area contributed by atoms with Crippen LogP contribution in [0.5, 0.6) is 0 Å².